The van der Waals surface area contributed by atoms with Gasteiger partial charge in [0.1, 0.15) is 10.8 Å². The van der Waals surface area contributed by atoms with E-state index in [9.17, 15) is 18.8 Å². The molecule has 0 aliphatic rings. The summed E-state index contributed by atoms with van der Waals surface area (Å²) in [5.41, 5.74) is 0.834. The van der Waals surface area contributed by atoms with E-state index in [0.717, 1.165) is 26.9 Å². The van der Waals surface area contributed by atoms with E-state index in [4.69, 9.17) is 4.74 Å². The molecule has 0 atom stereocenters. The first kappa shape index (κ1) is 21.5. The molecule has 0 saturated heterocycles. The number of carbonyl (C=O) groups is 2. The highest BCUT2D eigenvalue weighted by molar-refractivity contribution is 7.16. The van der Waals surface area contributed by atoms with Gasteiger partial charge in [-0.3, -0.25) is 9.59 Å². The maximum Gasteiger partial charge on any atom is 0.359 e. The van der Waals surface area contributed by atoms with Crippen LogP contribution in [0.25, 0.3) is 27.4 Å². The molecule has 5 aromatic rings. The molecule has 1 amide bonds. The van der Waals surface area contributed by atoms with Crippen molar-refractivity contribution in [3.05, 3.63) is 87.5 Å². The van der Waals surface area contributed by atoms with E-state index in [2.05, 4.69) is 15.4 Å². The number of fused-ring (bicyclic) bond motifs is 2. The van der Waals surface area contributed by atoms with Crippen LogP contribution in [0.15, 0.2) is 64.9 Å². The lowest BCUT2D eigenvalue weighted by molar-refractivity contribution is 0.0520. The lowest BCUT2D eigenvalue weighted by Crippen LogP contribution is -2.25. The predicted octanol–water partition coefficient (Wildman–Crippen LogP) is 4.50. The summed E-state index contributed by atoms with van der Waals surface area (Å²) in [7, 11) is 0. The van der Waals surface area contributed by atoms with E-state index in [0.29, 0.717) is 5.56 Å². The number of carbonyl (C=O) groups excluding carboxylic acids is 2. The highest BCUT2D eigenvalue weighted by Gasteiger charge is 2.24. The first-order valence-corrected chi connectivity index (χ1v) is 11.2. The van der Waals surface area contributed by atoms with Crippen molar-refractivity contribution >= 4 is 49.9 Å². The van der Waals surface area contributed by atoms with Crippen LogP contribution in [0.1, 0.15) is 27.8 Å². The molecule has 0 fully saturated rings. The molecule has 0 unspecified atom stereocenters. The number of H-pyrrole nitrogens is 1. The van der Waals surface area contributed by atoms with Gasteiger partial charge < -0.3 is 15.0 Å². The fourth-order valence-electron chi connectivity index (χ4n) is 3.68. The number of esters is 1. The summed E-state index contributed by atoms with van der Waals surface area (Å²) < 4.78 is 19.6. The van der Waals surface area contributed by atoms with Crippen LogP contribution < -0.4 is 10.9 Å². The van der Waals surface area contributed by atoms with Gasteiger partial charge in [0.15, 0.2) is 5.69 Å². The topological polar surface area (TPSA) is 106 Å². The quantitative estimate of drug-likeness (QED) is 0.364. The normalized spacial score (nSPS) is 11.1. The Morgan fingerprint density at radius 2 is 1.91 bits per heavy atom. The molecular formula is C24H17FN4O4S. The molecule has 0 spiro atoms. The van der Waals surface area contributed by atoms with Crippen molar-refractivity contribution in [1.82, 2.24) is 14.8 Å². The molecule has 170 valence electrons. The van der Waals surface area contributed by atoms with Gasteiger partial charge in [-0.05, 0) is 37.3 Å². The van der Waals surface area contributed by atoms with Gasteiger partial charge in [-0.1, -0.05) is 18.2 Å². The summed E-state index contributed by atoms with van der Waals surface area (Å²) >= 11 is 1.10. The maximum atomic E-state index is 13.4. The SMILES string of the molecule is CCOC(=O)c1nn(-c2ccc(F)cc2)c(=O)c2c(NC(=O)c3c[nH]c4ccccc34)scc12. The lowest BCUT2D eigenvalue weighted by Gasteiger charge is -2.10. The Morgan fingerprint density at radius 3 is 2.68 bits per heavy atom. The summed E-state index contributed by atoms with van der Waals surface area (Å²) in [4.78, 5) is 42.2. The van der Waals surface area contributed by atoms with E-state index in [-0.39, 0.29) is 33.8 Å². The number of anilines is 1. The molecule has 5 rings (SSSR count). The Hall–Kier alpha value is -4.31. The van der Waals surface area contributed by atoms with Crippen molar-refractivity contribution in [2.24, 2.45) is 0 Å². The number of amides is 1. The average molecular weight is 476 g/mol. The van der Waals surface area contributed by atoms with Crippen molar-refractivity contribution < 1.29 is 18.7 Å². The van der Waals surface area contributed by atoms with Gasteiger partial charge in [0.25, 0.3) is 11.5 Å². The summed E-state index contributed by atoms with van der Waals surface area (Å²) in [5.74, 6) is -1.61. The number of aromatic nitrogens is 3. The smallest absolute Gasteiger partial charge is 0.359 e. The largest absolute Gasteiger partial charge is 0.461 e. The van der Waals surface area contributed by atoms with E-state index >= 15 is 0 Å². The van der Waals surface area contributed by atoms with Gasteiger partial charge in [0, 0.05) is 27.9 Å². The number of nitrogens with zero attached hydrogens (tertiary/aromatic N) is 2. The van der Waals surface area contributed by atoms with E-state index < -0.39 is 23.3 Å². The van der Waals surface area contributed by atoms with Crippen LogP contribution in [0.5, 0.6) is 0 Å². The number of rotatable bonds is 5. The molecule has 0 bridgehead atoms. The van der Waals surface area contributed by atoms with Crippen molar-refractivity contribution in [3.63, 3.8) is 0 Å². The fraction of sp³-hybridized carbons (Fsp3) is 0.0833. The molecule has 34 heavy (non-hydrogen) atoms. The minimum Gasteiger partial charge on any atom is -0.461 e. The van der Waals surface area contributed by atoms with Crippen LogP contribution >= 0.6 is 11.3 Å². The molecule has 3 heterocycles. The second-order valence-electron chi connectivity index (χ2n) is 7.32. The Kier molecular flexibility index (Phi) is 5.42. The van der Waals surface area contributed by atoms with Crippen molar-refractivity contribution in [3.8, 4) is 5.69 Å². The fourth-order valence-corrected chi connectivity index (χ4v) is 4.61. The van der Waals surface area contributed by atoms with Crippen molar-refractivity contribution in [2.45, 2.75) is 6.92 Å². The van der Waals surface area contributed by atoms with E-state index in [1.165, 1.54) is 24.3 Å². The molecule has 10 heteroatoms. The number of hydrogen-bond acceptors (Lipinski definition) is 6. The first-order chi connectivity index (χ1) is 16.5. The predicted molar refractivity (Wildman–Crippen MR) is 127 cm³/mol. The third kappa shape index (κ3) is 3.63. The van der Waals surface area contributed by atoms with E-state index in [1.807, 2.05) is 24.3 Å². The zero-order valence-corrected chi connectivity index (χ0v) is 18.6. The average Bonchev–Trinajstić information content (AvgIpc) is 3.45. The number of ether oxygens (including phenoxy) is 1. The van der Waals surface area contributed by atoms with Crippen LogP contribution in [0.3, 0.4) is 0 Å². The second-order valence-corrected chi connectivity index (χ2v) is 8.20. The van der Waals surface area contributed by atoms with Crippen LogP contribution in [0.4, 0.5) is 9.39 Å². The third-order valence-corrected chi connectivity index (χ3v) is 6.15. The molecule has 0 saturated carbocycles. The van der Waals surface area contributed by atoms with Gasteiger partial charge in [-0.15, -0.1) is 11.3 Å². The van der Waals surface area contributed by atoms with Gasteiger partial charge in [0.2, 0.25) is 0 Å². The Bertz CT molecular complexity index is 1620. The zero-order valence-electron chi connectivity index (χ0n) is 17.8. The van der Waals surface area contributed by atoms with Gasteiger partial charge in [-0.2, -0.15) is 9.78 Å². The number of halogens is 1. The Morgan fingerprint density at radius 1 is 1.15 bits per heavy atom. The molecule has 2 N–H and O–H groups in total. The van der Waals surface area contributed by atoms with Gasteiger partial charge in [0.05, 0.1) is 23.2 Å². The molecule has 2 aromatic carbocycles. The van der Waals surface area contributed by atoms with Crippen LogP contribution in [0.2, 0.25) is 0 Å². The number of benzene rings is 2. The number of nitrogens with one attached hydrogen (secondary N) is 2. The maximum absolute atomic E-state index is 13.4. The van der Waals surface area contributed by atoms with Crippen LogP contribution in [-0.4, -0.2) is 33.2 Å². The number of aromatic amines is 1. The summed E-state index contributed by atoms with van der Waals surface area (Å²) in [6.45, 7) is 1.78. The van der Waals surface area contributed by atoms with Crippen molar-refractivity contribution in [1.29, 1.82) is 0 Å². The van der Waals surface area contributed by atoms with Gasteiger partial charge >= 0.3 is 5.97 Å². The molecule has 8 nitrogen and oxygen atoms in total. The van der Waals surface area contributed by atoms with E-state index in [1.54, 1.807) is 18.5 Å². The molecule has 0 aliphatic heterocycles. The number of hydrogen-bond donors (Lipinski definition) is 2. The minimum atomic E-state index is -0.712. The molecule has 0 aliphatic carbocycles. The lowest BCUT2D eigenvalue weighted by atomic mass is 10.1. The molecule has 0 radical (unpaired) electrons. The number of para-hydroxylation sites is 1. The zero-order chi connectivity index (χ0) is 23.8. The Balaban J connectivity index is 1.66. The minimum absolute atomic E-state index is 0.0791. The highest BCUT2D eigenvalue weighted by atomic mass is 32.1. The monoisotopic (exact) mass is 476 g/mol. The second kappa shape index (κ2) is 8.56. The van der Waals surface area contributed by atoms with Gasteiger partial charge in [-0.25, -0.2) is 9.18 Å². The highest BCUT2D eigenvalue weighted by Crippen LogP contribution is 2.31. The summed E-state index contributed by atoms with van der Waals surface area (Å²) in [5, 5.41) is 9.94. The number of thiophene rings is 1. The Labute approximate surface area is 195 Å². The van der Waals surface area contributed by atoms with Crippen LogP contribution in [-0.2, 0) is 4.74 Å². The third-order valence-electron chi connectivity index (χ3n) is 5.25. The van der Waals surface area contributed by atoms with Crippen molar-refractivity contribution in [2.75, 3.05) is 11.9 Å². The molecular weight excluding hydrogens is 459 g/mol. The first-order valence-electron chi connectivity index (χ1n) is 10.3. The summed E-state index contributed by atoms with van der Waals surface area (Å²) in [6, 6.07) is 12.5. The molecule has 3 aromatic heterocycles. The van der Waals surface area contributed by atoms with Crippen LogP contribution in [0, 0.1) is 5.82 Å². The summed E-state index contributed by atoms with van der Waals surface area (Å²) in [6.07, 6.45) is 1.60. The standard InChI is InChI=1S/C24H17FN4O4S/c1-2-33-24(32)20-17-12-34-22(27-21(30)16-11-26-18-6-4-3-5-15(16)18)19(17)23(31)29(28-20)14-9-7-13(25)8-10-14/h3-12,26H,2H2,1H3,(H,27,30).